The first-order valence-corrected chi connectivity index (χ1v) is 10.1. The van der Waals surface area contributed by atoms with Crippen molar-refractivity contribution in [3.8, 4) is 5.88 Å². The molecule has 3 rings (SSSR count). The van der Waals surface area contributed by atoms with Crippen molar-refractivity contribution < 1.29 is 23.5 Å². The minimum Gasteiger partial charge on any atom is -0.473 e. The smallest absolute Gasteiger partial charge is 0.473 e. The Morgan fingerprint density at radius 3 is 2.43 bits per heavy atom. The summed E-state index contributed by atoms with van der Waals surface area (Å²) < 4.78 is 29.7. The average molecular weight is 392 g/mol. The summed E-state index contributed by atoms with van der Waals surface area (Å²) in [6.45, 7) is 15.0. The molecule has 0 aliphatic carbocycles. The Hall–Kier alpha value is -1.22. The van der Waals surface area contributed by atoms with E-state index in [4.69, 9.17) is 23.5 Å². The van der Waals surface area contributed by atoms with Gasteiger partial charge >= 0.3 is 7.12 Å². The van der Waals surface area contributed by atoms with Crippen LogP contribution in [0.5, 0.6) is 5.88 Å². The van der Waals surface area contributed by atoms with Gasteiger partial charge in [0.15, 0.2) is 6.29 Å². The van der Waals surface area contributed by atoms with E-state index in [-0.39, 0.29) is 6.29 Å². The fourth-order valence-corrected chi connectivity index (χ4v) is 3.14. The van der Waals surface area contributed by atoms with Crippen LogP contribution in [0.1, 0.15) is 66.5 Å². The first-order valence-electron chi connectivity index (χ1n) is 10.1. The molecule has 0 bridgehead atoms. The molecule has 2 aliphatic rings. The minimum atomic E-state index is -0.534. The number of aryl methyl sites for hydroxylation is 1. The summed E-state index contributed by atoms with van der Waals surface area (Å²) in [7, 11) is -0.534. The third-order valence-electron chi connectivity index (χ3n) is 5.56. The molecule has 2 aliphatic heterocycles. The lowest BCUT2D eigenvalue weighted by molar-refractivity contribution is -0.221. The quantitative estimate of drug-likeness (QED) is 0.690. The van der Waals surface area contributed by atoms with Gasteiger partial charge in [0.2, 0.25) is 5.88 Å². The van der Waals surface area contributed by atoms with Crippen LogP contribution in [-0.2, 0) is 18.8 Å². The molecule has 0 saturated carbocycles. The molecule has 0 aromatic carbocycles. The van der Waals surface area contributed by atoms with Gasteiger partial charge in [0, 0.05) is 12.8 Å². The van der Waals surface area contributed by atoms with E-state index in [9.17, 15) is 0 Å². The Morgan fingerprint density at radius 1 is 1.18 bits per heavy atom. The van der Waals surface area contributed by atoms with Crippen LogP contribution in [0.3, 0.4) is 0 Å². The zero-order valence-electron chi connectivity index (χ0n) is 18.2. The van der Waals surface area contributed by atoms with Crippen molar-refractivity contribution in [2.45, 2.75) is 90.8 Å². The number of hydrogen-bond donors (Lipinski definition) is 0. The van der Waals surface area contributed by atoms with E-state index >= 15 is 0 Å². The van der Waals surface area contributed by atoms with Gasteiger partial charge < -0.3 is 23.5 Å². The molecular weight excluding hydrogens is 359 g/mol. The molecule has 2 fully saturated rings. The highest BCUT2D eigenvalue weighted by molar-refractivity contribution is 6.61. The summed E-state index contributed by atoms with van der Waals surface area (Å²) in [6.07, 6.45) is 4.64. The van der Waals surface area contributed by atoms with Crippen LogP contribution in [0.15, 0.2) is 6.20 Å². The first-order chi connectivity index (χ1) is 13.0. The third kappa shape index (κ3) is 4.85. The Bertz CT molecular complexity index is 673. The molecular formula is C20H33BN2O5. The molecule has 7 nitrogen and oxygen atoms in total. The van der Waals surface area contributed by atoms with Crippen LogP contribution in [0, 0.1) is 6.92 Å². The highest BCUT2D eigenvalue weighted by Crippen LogP contribution is 2.36. The molecule has 156 valence electrons. The lowest BCUT2D eigenvalue weighted by Crippen LogP contribution is -2.41. The number of rotatable bonds is 6. The molecule has 0 N–H and O–H groups in total. The molecule has 28 heavy (non-hydrogen) atoms. The molecule has 1 aromatic rings. The van der Waals surface area contributed by atoms with Crippen molar-refractivity contribution in [2.75, 3.05) is 13.2 Å². The molecule has 1 unspecified atom stereocenters. The van der Waals surface area contributed by atoms with E-state index < -0.39 is 23.9 Å². The van der Waals surface area contributed by atoms with Gasteiger partial charge in [-0.2, -0.15) is 0 Å². The Labute approximate surface area is 168 Å². The zero-order chi connectivity index (χ0) is 20.6. The van der Waals surface area contributed by atoms with Gasteiger partial charge in [-0.15, -0.1) is 0 Å². The lowest BCUT2D eigenvalue weighted by Gasteiger charge is -2.32. The average Bonchev–Trinajstić information content (AvgIpc) is 2.82. The fraction of sp³-hybridized carbons (Fsp3) is 0.800. The predicted octanol–water partition coefficient (Wildman–Crippen LogP) is 2.78. The Kier molecular flexibility index (Phi) is 6.06. The van der Waals surface area contributed by atoms with Gasteiger partial charge in [-0.1, -0.05) is 0 Å². The van der Waals surface area contributed by atoms with E-state index in [1.807, 2.05) is 48.5 Å². The second-order valence-electron chi connectivity index (χ2n) is 9.24. The third-order valence-corrected chi connectivity index (χ3v) is 5.56. The van der Waals surface area contributed by atoms with Crippen LogP contribution in [-0.4, -0.2) is 53.4 Å². The normalized spacial score (nSPS) is 24.4. The van der Waals surface area contributed by atoms with E-state index in [0.717, 1.165) is 25.9 Å². The Balaban J connectivity index is 1.60. The maximum absolute atomic E-state index is 6.06. The van der Waals surface area contributed by atoms with Crippen LogP contribution in [0.25, 0.3) is 0 Å². The second-order valence-corrected chi connectivity index (χ2v) is 9.24. The van der Waals surface area contributed by atoms with Gasteiger partial charge in [-0.05, 0) is 67.7 Å². The largest absolute Gasteiger partial charge is 0.516 e. The number of nitrogens with zero attached hydrogens (tertiary/aromatic N) is 2. The van der Waals surface area contributed by atoms with E-state index in [2.05, 4.69) is 9.97 Å². The standard InChI is InChI=1S/C20H33BN2O5/c1-14-17(25-13-18(2,3)26-16-10-8-9-11-24-16)22-12-15(23-14)21-27-19(4,5)20(6,7)28-21/h12,16H,8-11,13H2,1-7H3. The van der Waals surface area contributed by atoms with Gasteiger partial charge in [-0.3, -0.25) is 4.98 Å². The van der Waals surface area contributed by atoms with Crippen molar-refractivity contribution in [3.63, 3.8) is 0 Å². The molecule has 1 aromatic heterocycles. The first kappa shape index (κ1) is 21.5. The SMILES string of the molecule is Cc1nc(B2OC(C)(C)C(C)(C)O2)cnc1OCC(C)(C)OC1CCCCO1. The fourth-order valence-electron chi connectivity index (χ4n) is 3.14. The molecule has 0 spiro atoms. The number of aromatic nitrogens is 2. The summed E-state index contributed by atoms with van der Waals surface area (Å²) in [6, 6.07) is 0. The van der Waals surface area contributed by atoms with E-state index in [0.29, 0.717) is 23.8 Å². The molecule has 8 heteroatoms. The van der Waals surface area contributed by atoms with Crippen LogP contribution < -0.4 is 10.3 Å². The van der Waals surface area contributed by atoms with Crippen LogP contribution >= 0.6 is 0 Å². The lowest BCUT2D eigenvalue weighted by atomic mass is 9.85. The highest BCUT2D eigenvalue weighted by Gasteiger charge is 2.52. The zero-order valence-corrected chi connectivity index (χ0v) is 18.2. The number of hydrogen-bond acceptors (Lipinski definition) is 7. The van der Waals surface area contributed by atoms with Crippen molar-refractivity contribution >= 4 is 12.7 Å². The summed E-state index contributed by atoms with van der Waals surface area (Å²) in [4.78, 5) is 9.04. The minimum absolute atomic E-state index is 0.162. The second kappa shape index (κ2) is 7.90. The molecule has 2 saturated heterocycles. The Morgan fingerprint density at radius 2 is 1.86 bits per heavy atom. The maximum Gasteiger partial charge on any atom is 0.516 e. The summed E-state index contributed by atoms with van der Waals surface area (Å²) in [5, 5.41) is 0. The summed E-state index contributed by atoms with van der Waals surface area (Å²) >= 11 is 0. The van der Waals surface area contributed by atoms with E-state index in [1.54, 1.807) is 6.20 Å². The van der Waals surface area contributed by atoms with Crippen molar-refractivity contribution in [1.29, 1.82) is 0 Å². The monoisotopic (exact) mass is 392 g/mol. The van der Waals surface area contributed by atoms with Gasteiger partial charge in [-0.25, -0.2) is 4.98 Å². The highest BCUT2D eigenvalue weighted by atomic mass is 16.7. The van der Waals surface area contributed by atoms with Crippen LogP contribution in [0.4, 0.5) is 0 Å². The van der Waals surface area contributed by atoms with Crippen LogP contribution in [0.2, 0.25) is 0 Å². The predicted molar refractivity (Wildman–Crippen MR) is 107 cm³/mol. The van der Waals surface area contributed by atoms with Gasteiger partial charge in [0.1, 0.15) is 6.61 Å². The maximum atomic E-state index is 6.06. The van der Waals surface area contributed by atoms with E-state index in [1.165, 1.54) is 0 Å². The van der Waals surface area contributed by atoms with Gasteiger partial charge in [0.05, 0.1) is 28.1 Å². The van der Waals surface area contributed by atoms with Crippen molar-refractivity contribution in [1.82, 2.24) is 9.97 Å². The van der Waals surface area contributed by atoms with Crippen molar-refractivity contribution in [3.05, 3.63) is 11.9 Å². The molecule has 1 atom stereocenters. The molecule has 3 heterocycles. The topological polar surface area (TPSA) is 71.9 Å². The number of ether oxygens (including phenoxy) is 3. The molecule has 0 radical (unpaired) electrons. The summed E-state index contributed by atoms with van der Waals surface area (Å²) in [5.74, 6) is 0.488. The summed E-state index contributed by atoms with van der Waals surface area (Å²) in [5.41, 5.74) is 0.0303. The van der Waals surface area contributed by atoms with Gasteiger partial charge in [0.25, 0.3) is 0 Å². The molecule has 0 amide bonds. The van der Waals surface area contributed by atoms with Crippen molar-refractivity contribution in [2.24, 2.45) is 0 Å².